The molecular weight excluding hydrogens is 258 g/mol. The Bertz CT molecular complexity index is 329. The molecule has 0 heterocycles. The van der Waals surface area contributed by atoms with Gasteiger partial charge in [-0.05, 0) is 39.5 Å². The van der Waals surface area contributed by atoms with Gasteiger partial charge in [0, 0.05) is 12.5 Å². The van der Waals surface area contributed by atoms with Crippen LogP contribution < -0.4 is 5.32 Å². The number of rotatable bonds is 6. The zero-order valence-corrected chi connectivity index (χ0v) is 12.8. The predicted molar refractivity (Wildman–Crippen MR) is 76.6 cm³/mol. The molecule has 1 aliphatic rings. The first-order valence-corrected chi connectivity index (χ1v) is 7.47. The molecule has 1 rings (SSSR count). The largest absolute Gasteiger partial charge is 0.481 e. The van der Waals surface area contributed by atoms with E-state index in [4.69, 9.17) is 9.84 Å². The molecule has 1 fully saturated rings. The molecule has 0 radical (unpaired) electrons. The summed E-state index contributed by atoms with van der Waals surface area (Å²) in [5, 5.41) is 11.6. The monoisotopic (exact) mass is 285 g/mol. The van der Waals surface area contributed by atoms with Gasteiger partial charge in [-0.1, -0.05) is 25.7 Å². The van der Waals surface area contributed by atoms with Crippen LogP contribution in [0.4, 0.5) is 4.79 Å². The summed E-state index contributed by atoms with van der Waals surface area (Å²) in [7, 11) is 0. The Kier molecular flexibility index (Phi) is 6.30. The summed E-state index contributed by atoms with van der Waals surface area (Å²) in [5.41, 5.74) is -0.533. The Hall–Kier alpha value is -1.26. The lowest BCUT2D eigenvalue weighted by molar-refractivity contribution is -0.137. The normalized spacial score (nSPS) is 17.8. The molecule has 0 aliphatic heterocycles. The van der Waals surface area contributed by atoms with Gasteiger partial charge in [0.05, 0.1) is 0 Å². The highest BCUT2D eigenvalue weighted by Gasteiger charge is 2.24. The lowest BCUT2D eigenvalue weighted by Gasteiger charge is -2.25. The number of hydrogen-bond donors (Lipinski definition) is 2. The summed E-state index contributed by atoms with van der Waals surface area (Å²) in [4.78, 5) is 22.5. The lowest BCUT2D eigenvalue weighted by Crippen LogP contribution is -2.40. The highest BCUT2D eigenvalue weighted by Crippen LogP contribution is 2.29. The van der Waals surface area contributed by atoms with E-state index in [1.807, 2.05) is 20.8 Å². The summed E-state index contributed by atoms with van der Waals surface area (Å²) < 4.78 is 5.24. The minimum absolute atomic E-state index is 0.0766. The molecule has 0 bridgehead atoms. The van der Waals surface area contributed by atoms with Gasteiger partial charge in [-0.3, -0.25) is 4.79 Å². The van der Waals surface area contributed by atoms with Crippen molar-refractivity contribution in [2.75, 3.05) is 0 Å². The molecule has 116 valence electrons. The number of ether oxygens (including phenoxy) is 1. The molecule has 0 spiro atoms. The smallest absolute Gasteiger partial charge is 0.407 e. The summed E-state index contributed by atoms with van der Waals surface area (Å²) in [5.74, 6) is -0.226. The molecule has 5 heteroatoms. The van der Waals surface area contributed by atoms with E-state index in [-0.39, 0.29) is 12.5 Å². The van der Waals surface area contributed by atoms with Crippen molar-refractivity contribution in [1.82, 2.24) is 5.32 Å². The molecule has 1 atom stereocenters. The van der Waals surface area contributed by atoms with Gasteiger partial charge in [-0.2, -0.15) is 0 Å². The minimum atomic E-state index is -0.826. The maximum absolute atomic E-state index is 11.8. The number of carboxylic acid groups (broad SMARTS) is 1. The SMILES string of the molecule is CC(C)(C)OC(=O)NC(CCC(=O)O)CC1CCCC1. The first kappa shape index (κ1) is 16.8. The van der Waals surface area contributed by atoms with Crippen LogP contribution in [0.5, 0.6) is 0 Å². The third kappa shape index (κ3) is 7.36. The van der Waals surface area contributed by atoms with Crippen LogP contribution in [0, 0.1) is 5.92 Å². The highest BCUT2D eigenvalue weighted by molar-refractivity contribution is 5.69. The zero-order valence-electron chi connectivity index (χ0n) is 12.8. The van der Waals surface area contributed by atoms with Gasteiger partial charge in [0.1, 0.15) is 5.60 Å². The number of carbonyl (C=O) groups excluding carboxylic acids is 1. The average molecular weight is 285 g/mol. The first-order chi connectivity index (χ1) is 9.26. The van der Waals surface area contributed by atoms with Crippen molar-refractivity contribution in [1.29, 1.82) is 0 Å². The summed E-state index contributed by atoms with van der Waals surface area (Å²) in [6.45, 7) is 5.45. The van der Waals surface area contributed by atoms with E-state index in [1.165, 1.54) is 25.7 Å². The summed E-state index contributed by atoms with van der Waals surface area (Å²) in [6, 6.07) is -0.107. The van der Waals surface area contributed by atoms with Gasteiger partial charge < -0.3 is 15.2 Å². The quantitative estimate of drug-likeness (QED) is 0.785. The number of alkyl carbamates (subject to hydrolysis) is 1. The molecule has 0 aromatic heterocycles. The average Bonchev–Trinajstić information content (AvgIpc) is 2.75. The highest BCUT2D eigenvalue weighted by atomic mass is 16.6. The van der Waals surface area contributed by atoms with Crippen molar-refractivity contribution < 1.29 is 19.4 Å². The van der Waals surface area contributed by atoms with Crippen LogP contribution in [0.2, 0.25) is 0 Å². The Labute approximate surface area is 121 Å². The van der Waals surface area contributed by atoms with Crippen LogP contribution in [0.25, 0.3) is 0 Å². The second kappa shape index (κ2) is 7.50. The van der Waals surface area contributed by atoms with Gasteiger partial charge >= 0.3 is 12.1 Å². The van der Waals surface area contributed by atoms with Crippen LogP contribution in [0.15, 0.2) is 0 Å². The zero-order chi connectivity index (χ0) is 15.2. The Morgan fingerprint density at radius 3 is 2.40 bits per heavy atom. The topological polar surface area (TPSA) is 75.6 Å². The van der Waals surface area contributed by atoms with Gasteiger partial charge in [0.15, 0.2) is 0 Å². The number of carbonyl (C=O) groups is 2. The van der Waals surface area contributed by atoms with Crippen LogP contribution >= 0.6 is 0 Å². The number of hydrogen-bond acceptors (Lipinski definition) is 3. The van der Waals surface area contributed by atoms with Crippen molar-refractivity contribution in [2.45, 2.75) is 77.4 Å². The second-order valence-corrected chi connectivity index (χ2v) is 6.66. The lowest BCUT2D eigenvalue weighted by atomic mass is 9.95. The molecule has 1 unspecified atom stereocenters. The van der Waals surface area contributed by atoms with Gasteiger partial charge in [-0.25, -0.2) is 4.79 Å². The summed E-state index contributed by atoms with van der Waals surface area (Å²) >= 11 is 0. The van der Waals surface area contributed by atoms with E-state index in [2.05, 4.69) is 5.32 Å². The standard InChI is InChI=1S/C15H27NO4/c1-15(2,3)20-14(19)16-12(8-9-13(17)18)10-11-6-4-5-7-11/h11-12H,4-10H2,1-3H3,(H,16,19)(H,17,18). The molecule has 1 saturated carbocycles. The Balaban J connectivity index is 2.47. The molecule has 1 aliphatic carbocycles. The van der Waals surface area contributed by atoms with E-state index < -0.39 is 17.7 Å². The molecule has 5 nitrogen and oxygen atoms in total. The van der Waals surface area contributed by atoms with Gasteiger partial charge in [0.2, 0.25) is 0 Å². The van der Waals surface area contributed by atoms with Crippen LogP contribution in [-0.4, -0.2) is 28.8 Å². The summed E-state index contributed by atoms with van der Waals surface area (Å²) in [6.07, 6.45) is 5.78. The first-order valence-electron chi connectivity index (χ1n) is 7.47. The molecule has 2 N–H and O–H groups in total. The minimum Gasteiger partial charge on any atom is -0.481 e. The Morgan fingerprint density at radius 2 is 1.90 bits per heavy atom. The van der Waals surface area contributed by atoms with Crippen LogP contribution in [0.3, 0.4) is 0 Å². The molecule has 0 saturated heterocycles. The third-order valence-corrected chi connectivity index (χ3v) is 3.52. The van der Waals surface area contributed by atoms with Crippen LogP contribution in [0.1, 0.15) is 65.7 Å². The maximum Gasteiger partial charge on any atom is 0.407 e. The number of carboxylic acids is 1. The van der Waals surface area contributed by atoms with Gasteiger partial charge in [-0.15, -0.1) is 0 Å². The molecular formula is C15H27NO4. The molecule has 20 heavy (non-hydrogen) atoms. The van der Waals surface area contributed by atoms with E-state index in [1.54, 1.807) is 0 Å². The fraction of sp³-hybridized carbons (Fsp3) is 0.867. The van der Waals surface area contributed by atoms with E-state index in [0.717, 1.165) is 6.42 Å². The fourth-order valence-corrected chi connectivity index (χ4v) is 2.67. The van der Waals surface area contributed by atoms with E-state index in [0.29, 0.717) is 12.3 Å². The van der Waals surface area contributed by atoms with Crippen molar-refractivity contribution in [3.05, 3.63) is 0 Å². The van der Waals surface area contributed by atoms with Crippen molar-refractivity contribution in [3.63, 3.8) is 0 Å². The van der Waals surface area contributed by atoms with E-state index in [9.17, 15) is 9.59 Å². The molecule has 1 amide bonds. The van der Waals surface area contributed by atoms with Crippen LogP contribution in [-0.2, 0) is 9.53 Å². The third-order valence-electron chi connectivity index (χ3n) is 3.52. The number of aliphatic carboxylic acids is 1. The van der Waals surface area contributed by atoms with E-state index >= 15 is 0 Å². The van der Waals surface area contributed by atoms with Crippen molar-refractivity contribution in [3.8, 4) is 0 Å². The van der Waals surface area contributed by atoms with Gasteiger partial charge in [0.25, 0.3) is 0 Å². The molecule has 0 aromatic rings. The number of amides is 1. The number of nitrogens with one attached hydrogen (secondary N) is 1. The molecule has 0 aromatic carbocycles. The maximum atomic E-state index is 11.8. The van der Waals surface area contributed by atoms with Crippen molar-refractivity contribution >= 4 is 12.1 Å². The predicted octanol–water partition coefficient (Wildman–Crippen LogP) is 3.32. The second-order valence-electron chi connectivity index (χ2n) is 6.66. The van der Waals surface area contributed by atoms with Crippen molar-refractivity contribution in [2.24, 2.45) is 5.92 Å². The fourth-order valence-electron chi connectivity index (χ4n) is 2.67. The Morgan fingerprint density at radius 1 is 1.30 bits per heavy atom.